The molecule has 1 rings (SSSR count). The maximum absolute atomic E-state index is 5.54. The lowest BCUT2D eigenvalue weighted by molar-refractivity contribution is -0.929. The van der Waals surface area contributed by atoms with Crippen LogP contribution in [0.4, 0.5) is 0 Å². The summed E-state index contributed by atoms with van der Waals surface area (Å²) in [6.07, 6.45) is 11.1. The fraction of sp³-hybridized carbons (Fsp3) is 0.727. The summed E-state index contributed by atoms with van der Waals surface area (Å²) in [4.78, 5) is 0. The molecule has 0 unspecified atom stereocenters. The van der Waals surface area contributed by atoms with Crippen LogP contribution in [-0.2, 0) is 0 Å². The number of rotatable bonds is 12. The molecule has 2 heteroatoms. The van der Waals surface area contributed by atoms with Gasteiger partial charge in [0, 0.05) is 5.02 Å². The number of quaternary nitrogens is 1. The van der Waals surface area contributed by atoms with E-state index >= 15 is 0 Å². The standard InChI is InChI=1S/C16H36N.C6H5Cl/c1-5-9-13-17(14-10-6-2,15-11-7-3)16-12-8-4;7-6-4-2-1-3-5-6/h5-16H2,1-4H3;1-5H/q+1;. The lowest BCUT2D eigenvalue weighted by Crippen LogP contribution is -2.50. The Labute approximate surface area is 157 Å². The SMILES string of the molecule is CCCC[N+](CCCC)(CCCC)CCCC.Clc1ccccc1. The highest BCUT2D eigenvalue weighted by Gasteiger charge is 2.24. The van der Waals surface area contributed by atoms with Gasteiger partial charge < -0.3 is 4.48 Å². The second kappa shape index (κ2) is 16.0. The van der Waals surface area contributed by atoms with Gasteiger partial charge in [-0.05, 0) is 37.8 Å². The van der Waals surface area contributed by atoms with E-state index in [-0.39, 0.29) is 0 Å². The molecule has 0 aromatic heterocycles. The Balaban J connectivity index is 0.000000620. The Bertz CT molecular complexity index is 326. The monoisotopic (exact) mass is 354 g/mol. The summed E-state index contributed by atoms with van der Waals surface area (Å²) < 4.78 is 1.42. The van der Waals surface area contributed by atoms with Crippen molar-refractivity contribution in [2.75, 3.05) is 26.2 Å². The molecular formula is C22H41ClN+. The normalized spacial score (nSPS) is 11.0. The van der Waals surface area contributed by atoms with Crippen LogP contribution < -0.4 is 0 Å². The zero-order chi connectivity index (χ0) is 18.1. The minimum atomic E-state index is 0.794. The Morgan fingerprint density at radius 3 is 1.17 bits per heavy atom. The Hall–Kier alpha value is -0.530. The molecule has 1 aromatic carbocycles. The van der Waals surface area contributed by atoms with Crippen molar-refractivity contribution >= 4 is 11.6 Å². The second-order valence-electron chi connectivity index (χ2n) is 6.95. The summed E-state index contributed by atoms with van der Waals surface area (Å²) in [5.41, 5.74) is 0. The minimum Gasteiger partial charge on any atom is -0.324 e. The van der Waals surface area contributed by atoms with Crippen molar-refractivity contribution in [1.82, 2.24) is 0 Å². The van der Waals surface area contributed by atoms with Crippen LogP contribution in [-0.4, -0.2) is 30.7 Å². The number of hydrogen-bond donors (Lipinski definition) is 0. The van der Waals surface area contributed by atoms with Crippen LogP contribution in [0.15, 0.2) is 30.3 Å². The largest absolute Gasteiger partial charge is 0.324 e. The van der Waals surface area contributed by atoms with Gasteiger partial charge in [0.25, 0.3) is 0 Å². The van der Waals surface area contributed by atoms with E-state index in [2.05, 4.69) is 27.7 Å². The van der Waals surface area contributed by atoms with E-state index in [1.165, 1.54) is 82.0 Å². The molecule has 0 atom stereocenters. The van der Waals surface area contributed by atoms with Gasteiger partial charge in [-0.15, -0.1) is 0 Å². The first kappa shape index (κ1) is 23.5. The smallest absolute Gasteiger partial charge is 0.0786 e. The molecule has 0 spiro atoms. The molecule has 0 heterocycles. The number of benzene rings is 1. The van der Waals surface area contributed by atoms with Gasteiger partial charge in [-0.2, -0.15) is 0 Å². The molecule has 0 aliphatic carbocycles. The third-order valence-corrected chi connectivity index (χ3v) is 4.93. The van der Waals surface area contributed by atoms with E-state index in [4.69, 9.17) is 11.6 Å². The maximum atomic E-state index is 5.54. The zero-order valence-electron chi connectivity index (χ0n) is 16.7. The highest BCUT2D eigenvalue weighted by atomic mass is 35.5. The molecule has 1 aromatic rings. The lowest BCUT2D eigenvalue weighted by Gasteiger charge is -2.39. The molecule has 0 amide bonds. The third-order valence-electron chi connectivity index (χ3n) is 4.68. The number of unbranched alkanes of at least 4 members (excludes halogenated alkanes) is 4. The second-order valence-corrected chi connectivity index (χ2v) is 7.38. The van der Waals surface area contributed by atoms with Gasteiger partial charge in [0.2, 0.25) is 0 Å². The van der Waals surface area contributed by atoms with Crippen molar-refractivity contribution < 1.29 is 4.48 Å². The van der Waals surface area contributed by atoms with Gasteiger partial charge in [-0.25, -0.2) is 0 Å². The fourth-order valence-electron chi connectivity index (χ4n) is 3.06. The molecule has 0 fully saturated rings. The molecular weight excluding hydrogens is 314 g/mol. The average molecular weight is 355 g/mol. The van der Waals surface area contributed by atoms with Crippen molar-refractivity contribution in [3.05, 3.63) is 35.4 Å². The van der Waals surface area contributed by atoms with Crippen LogP contribution in [0.3, 0.4) is 0 Å². The number of hydrogen-bond acceptors (Lipinski definition) is 0. The summed E-state index contributed by atoms with van der Waals surface area (Å²) in [5, 5.41) is 0.794. The van der Waals surface area contributed by atoms with E-state index < -0.39 is 0 Å². The van der Waals surface area contributed by atoms with Crippen molar-refractivity contribution in [2.24, 2.45) is 0 Å². The molecule has 140 valence electrons. The number of halogens is 1. The molecule has 0 N–H and O–H groups in total. The molecule has 0 radical (unpaired) electrons. The summed E-state index contributed by atoms with van der Waals surface area (Å²) in [7, 11) is 0. The van der Waals surface area contributed by atoms with Crippen LogP contribution in [0, 0.1) is 0 Å². The van der Waals surface area contributed by atoms with Crippen LogP contribution in [0.5, 0.6) is 0 Å². The first-order chi connectivity index (χ1) is 11.6. The van der Waals surface area contributed by atoms with Gasteiger partial charge in [0.05, 0.1) is 26.2 Å². The van der Waals surface area contributed by atoms with Crippen molar-refractivity contribution in [3.63, 3.8) is 0 Å². The van der Waals surface area contributed by atoms with Crippen molar-refractivity contribution in [2.45, 2.75) is 79.1 Å². The minimum absolute atomic E-state index is 0.794. The molecule has 24 heavy (non-hydrogen) atoms. The van der Waals surface area contributed by atoms with Gasteiger partial charge in [0.15, 0.2) is 0 Å². The van der Waals surface area contributed by atoms with Crippen LogP contribution in [0.2, 0.25) is 5.02 Å². The van der Waals surface area contributed by atoms with E-state index in [0.717, 1.165) is 5.02 Å². The van der Waals surface area contributed by atoms with Crippen LogP contribution >= 0.6 is 11.6 Å². The molecule has 1 nitrogen and oxygen atoms in total. The third kappa shape index (κ3) is 11.9. The summed E-state index contributed by atoms with van der Waals surface area (Å²) in [6, 6.07) is 9.44. The Kier molecular flexibility index (Phi) is 15.6. The van der Waals surface area contributed by atoms with Crippen molar-refractivity contribution in [3.8, 4) is 0 Å². The fourth-order valence-corrected chi connectivity index (χ4v) is 3.21. The number of nitrogens with zero attached hydrogens (tertiary/aromatic N) is 1. The summed E-state index contributed by atoms with van der Waals surface area (Å²) in [5.74, 6) is 0. The van der Waals surface area contributed by atoms with Gasteiger partial charge in [-0.3, -0.25) is 0 Å². The quantitative estimate of drug-likeness (QED) is 0.344. The van der Waals surface area contributed by atoms with E-state index in [0.29, 0.717) is 0 Å². The summed E-state index contributed by atoms with van der Waals surface area (Å²) >= 11 is 5.54. The molecule has 0 saturated heterocycles. The van der Waals surface area contributed by atoms with E-state index in [9.17, 15) is 0 Å². The predicted octanol–water partition coefficient (Wildman–Crippen LogP) is 7.34. The van der Waals surface area contributed by atoms with Gasteiger partial charge in [-0.1, -0.05) is 83.2 Å². The molecule has 0 saturated carbocycles. The first-order valence-corrected chi connectivity index (χ1v) is 10.6. The van der Waals surface area contributed by atoms with E-state index in [1.807, 2.05) is 30.3 Å². The van der Waals surface area contributed by atoms with Gasteiger partial charge in [0.1, 0.15) is 0 Å². The summed E-state index contributed by atoms with van der Waals surface area (Å²) in [6.45, 7) is 15.0. The Morgan fingerprint density at radius 1 is 0.625 bits per heavy atom. The molecule has 0 aliphatic heterocycles. The average Bonchev–Trinajstić information content (AvgIpc) is 2.62. The molecule has 0 bridgehead atoms. The van der Waals surface area contributed by atoms with Gasteiger partial charge >= 0.3 is 0 Å². The highest BCUT2D eigenvalue weighted by Crippen LogP contribution is 2.16. The topological polar surface area (TPSA) is 0 Å². The van der Waals surface area contributed by atoms with Crippen LogP contribution in [0.25, 0.3) is 0 Å². The van der Waals surface area contributed by atoms with Crippen molar-refractivity contribution in [1.29, 1.82) is 0 Å². The zero-order valence-corrected chi connectivity index (χ0v) is 17.5. The first-order valence-electron chi connectivity index (χ1n) is 10.2. The predicted molar refractivity (Wildman–Crippen MR) is 111 cm³/mol. The lowest BCUT2D eigenvalue weighted by atomic mass is 10.1. The molecule has 0 aliphatic rings. The van der Waals surface area contributed by atoms with E-state index in [1.54, 1.807) is 0 Å². The maximum Gasteiger partial charge on any atom is 0.0786 e. The highest BCUT2D eigenvalue weighted by molar-refractivity contribution is 6.30. The van der Waals surface area contributed by atoms with Crippen LogP contribution in [0.1, 0.15) is 79.1 Å². The Morgan fingerprint density at radius 2 is 0.958 bits per heavy atom.